The molecule has 0 saturated carbocycles. The minimum Gasteiger partial charge on any atom is -0.314 e. The minimum atomic E-state index is -4.23. The van der Waals surface area contributed by atoms with Gasteiger partial charge >= 0.3 is 0 Å². The van der Waals surface area contributed by atoms with Crippen molar-refractivity contribution in [2.75, 3.05) is 22.4 Å². The minimum absolute atomic E-state index is 0.108. The van der Waals surface area contributed by atoms with Crippen LogP contribution < -0.4 is 4.31 Å². The maximum Gasteiger partial charge on any atom is 0.235 e. The number of nitrogens with zero attached hydrogens (tertiary/aromatic N) is 3. The van der Waals surface area contributed by atoms with Gasteiger partial charge in [0, 0.05) is 34.6 Å². The van der Waals surface area contributed by atoms with Crippen LogP contribution in [0.2, 0.25) is 0 Å². The molecule has 0 aliphatic heterocycles. The summed E-state index contributed by atoms with van der Waals surface area (Å²) in [6.45, 7) is 3.05. The molecule has 16 heteroatoms. The number of benzene rings is 1. The molecule has 0 aliphatic carbocycles. The van der Waals surface area contributed by atoms with Crippen molar-refractivity contribution < 1.29 is 38.8 Å². The molecule has 10 nitrogen and oxygen atoms in total. The molecule has 3 rings (SSSR count). The lowest BCUT2D eigenvalue weighted by atomic mass is 10.0. The topological polar surface area (TPSA) is 141 Å². The van der Waals surface area contributed by atoms with Gasteiger partial charge in [0.2, 0.25) is 15.8 Å². The van der Waals surface area contributed by atoms with Gasteiger partial charge in [0.1, 0.15) is 27.5 Å². The van der Waals surface area contributed by atoms with Gasteiger partial charge in [-0.1, -0.05) is 13.8 Å². The fourth-order valence-electron chi connectivity index (χ4n) is 4.14. The van der Waals surface area contributed by atoms with Crippen molar-refractivity contribution in [1.29, 1.82) is 0 Å². The lowest BCUT2D eigenvalue weighted by Crippen LogP contribution is -2.35. The second-order valence-corrected chi connectivity index (χ2v) is 13.7. The summed E-state index contributed by atoms with van der Waals surface area (Å²) in [5, 5.41) is -0.938. The molecule has 2 heterocycles. The van der Waals surface area contributed by atoms with Crippen LogP contribution >= 0.6 is 15.9 Å². The maximum atomic E-state index is 15.9. The molecule has 0 spiro atoms. The van der Waals surface area contributed by atoms with Gasteiger partial charge < -0.3 is 4.57 Å². The number of thiol groups is 2. The third-order valence-corrected chi connectivity index (χ3v) is 9.95. The third-order valence-electron chi connectivity index (χ3n) is 5.88. The Balaban J connectivity index is 2.19. The Morgan fingerprint density at radius 1 is 1.18 bits per heavy atom. The number of sulfonamides is 1. The average Bonchev–Trinajstić information content (AvgIpc) is 3.21. The van der Waals surface area contributed by atoms with E-state index in [9.17, 15) is 30.0 Å². The van der Waals surface area contributed by atoms with E-state index in [1.165, 1.54) is 23.0 Å². The quantitative estimate of drug-likeness (QED) is 0.209. The maximum absolute atomic E-state index is 15.9. The van der Waals surface area contributed by atoms with Crippen LogP contribution in [0.1, 0.15) is 54.4 Å². The summed E-state index contributed by atoms with van der Waals surface area (Å²) < 4.78 is 105. The highest BCUT2D eigenvalue weighted by molar-refractivity contribution is 9.10. The number of aromatic nitrogens is 2. The van der Waals surface area contributed by atoms with Crippen LogP contribution in [-0.4, -0.2) is 58.6 Å². The summed E-state index contributed by atoms with van der Waals surface area (Å²) in [7, 11) is -10.0. The number of anilines is 1. The van der Waals surface area contributed by atoms with Crippen LogP contribution in [-0.2, 0) is 31.4 Å². The summed E-state index contributed by atoms with van der Waals surface area (Å²) in [5.74, 6) is -4.79. The van der Waals surface area contributed by atoms with E-state index in [0.717, 1.165) is 12.1 Å². The zero-order chi connectivity index (χ0) is 29.1. The van der Waals surface area contributed by atoms with E-state index >= 15 is 8.78 Å². The number of carbonyl (C=O) groups is 1. The van der Waals surface area contributed by atoms with Crippen molar-refractivity contribution in [2.24, 2.45) is 0 Å². The van der Waals surface area contributed by atoms with E-state index in [1.54, 1.807) is 13.8 Å². The number of hydrogen-bond donors (Lipinski definition) is 2. The van der Waals surface area contributed by atoms with E-state index in [4.69, 9.17) is 0 Å². The smallest absolute Gasteiger partial charge is 0.235 e. The molecule has 3 aromatic rings. The predicted molar refractivity (Wildman–Crippen MR) is 148 cm³/mol. The van der Waals surface area contributed by atoms with Crippen molar-refractivity contribution in [3.8, 4) is 0 Å². The Hall–Kier alpha value is -2.43. The van der Waals surface area contributed by atoms with Crippen LogP contribution in [0.15, 0.2) is 35.1 Å². The molecule has 214 valence electrons. The van der Waals surface area contributed by atoms with Crippen LogP contribution in [0.4, 0.5) is 14.5 Å². The van der Waals surface area contributed by atoms with Gasteiger partial charge in [-0.2, -0.15) is 0 Å². The third kappa shape index (κ3) is 6.66. The molecule has 1 atom stereocenters. The van der Waals surface area contributed by atoms with E-state index in [0.29, 0.717) is 8.78 Å². The predicted octanol–water partition coefficient (Wildman–Crippen LogP) is 3.38. The van der Waals surface area contributed by atoms with Crippen molar-refractivity contribution in [2.45, 2.75) is 38.5 Å². The zero-order valence-electron chi connectivity index (χ0n) is 20.8. The van der Waals surface area contributed by atoms with Crippen LogP contribution in [0.5, 0.6) is 0 Å². The first-order valence-electron chi connectivity index (χ1n) is 11.8. The Morgan fingerprint density at radius 3 is 2.46 bits per heavy atom. The first-order valence-corrected chi connectivity index (χ1v) is 16.8. The molecule has 1 aromatic carbocycles. The highest BCUT2D eigenvalue weighted by Gasteiger charge is 2.31. The Kier molecular flexibility index (Phi) is 10.2. The normalized spacial score (nSPS) is 12.9. The summed E-state index contributed by atoms with van der Waals surface area (Å²) in [6, 6.07) is 3.14. The van der Waals surface area contributed by atoms with Crippen LogP contribution in [0.3, 0.4) is 0 Å². The highest BCUT2D eigenvalue weighted by atomic mass is 79.9. The van der Waals surface area contributed by atoms with Gasteiger partial charge in [0.25, 0.3) is 0 Å². The molecule has 0 saturated heterocycles. The van der Waals surface area contributed by atoms with Crippen molar-refractivity contribution >= 4 is 69.9 Å². The van der Waals surface area contributed by atoms with Gasteiger partial charge in [0.15, 0.2) is 16.5 Å². The summed E-state index contributed by atoms with van der Waals surface area (Å²) >= 11 is 3.23. The summed E-state index contributed by atoms with van der Waals surface area (Å²) in [4.78, 5) is 17.8. The lowest BCUT2D eigenvalue weighted by Gasteiger charge is -2.25. The zero-order valence-corrected chi connectivity index (χ0v) is 25.0. The molecule has 0 N–H and O–H groups in total. The Morgan fingerprint density at radius 2 is 1.87 bits per heavy atom. The Bertz CT molecular complexity index is 1650. The first-order chi connectivity index (χ1) is 18.3. The van der Waals surface area contributed by atoms with Gasteiger partial charge in [0.05, 0.1) is 22.6 Å². The highest BCUT2D eigenvalue weighted by Crippen LogP contribution is 2.33. The molecular weight excluding hydrogens is 644 g/mol. The van der Waals surface area contributed by atoms with Gasteiger partial charge in [-0.15, -0.1) is 0 Å². The number of hydrogen-bond acceptors (Lipinski definition) is 8. The number of rotatable bonds is 13. The van der Waals surface area contributed by atoms with Crippen molar-refractivity contribution in [3.63, 3.8) is 0 Å². The largest absolute Gasteiger partial charge is 0.314 e. The second kappa shape index (κ2) is 12.8. The number of halogens is 3. The number of pyridine rings is 1. The summed E-state index contributed by atoms with van der Waals surface area (Å²) in [6.07, 6.45) is 2.71. The number of ketones is 1. The van der Waals surface area contributed by atoms with Crippen molar-refractivity contribution in [3.05, 3.63) is 57.8 Å². The van der Waals surface area contributed by atoms with Gasteiger partial charge in [-0.25, -0.2) is 39.0 Å². The van der Waals surface area contributed by atoms with Gasteiger partial charge in [-0.3, -0.25) is 9.10 Å². The molecule has 39 heavy (non-hydrogen) atoms. The van der Waals surface area contributed by atoms with Crippen molar-refractivity contribution in [1.82, 2.24) is 9.55 Å². The molecule has 0 radical (unpaired) electrons. The fraction of sp³-hybridized carbons (Fsp3) is 0.391. The molecule has 0 fully saturated rings. The summed E-state index contributed by atoms with van der Waals surface area (Å²) in [5.41, 5.74) is -1.71. The van der Waals surface area contributed by atoms with E-state index in [1.807, 2.05) is 0 Å². The molecule has 0 bridgehead atoms. The van der Waals surface area contributed by atoms with E-state index in [2.05, 4.69) is 20.9 Å². The van der Waals surface area contributed by atoms with Crippen LogP contribution in [0, 0.1) is 11.6 Å². The van der Waals surface area contributed by atoms with Gasteiger partial charge in [-0.05, 0) is 53.4 Å². The number of fused-ring (bicyclic) bond motifs is 1. The lowest BCUT2D eigenvalue weighted by molar-refractivity contribution is 0.103. The number of carbonyl (C=O) groups excluding carboxylic acids is 1. The fourth-order valence-corrected chi connectivity index (χ4v) is 7.41. The van der Waals surface area contributed by atoms with E-state index < -0.39 is 71.2 Å². The SMILES string of the molecule is CCCN(c1ccc(F)c(C(=O)c2cn(C(CC)[SH](=O)=O)c3ncc(Br)cc23)c1F)S(=O)(=O)CCC[SH](=O)=O. The molecule has 1 unspecified atom stereocenters. The first kappa shape index (κ1) is 31.1. The standard InChI is InChI=1S/C23H26BrF2N3O7S3/c1-3-8-29(39(35,36)10-5-9-37(31)32)18-7-6-17(25)20(21(18)26)22(30)16-13-28(19(4-2)38(33)34)23-15(16)11-14(24)12-27-23/h6-7,11-13,19,37-38H,3-5,8-10H2,1-2H3. The molecular formula is C23H26BrF2N3O7S3. The molecule has 0 amide bonds. The molecule has 2 aromatic heterocycles. The molecule has 0 aliphatic rings. The Labute approximate surface area is 236 Å². The second-order valence-electron chi connectivity index (χ2n) is 8.53. The van der Waals surface area contributed by atoms with E-state index in [-0.39, 0.29) is 48.2 Å². The van der Waals surface area contributed by atoms with Crippen LogP contribution in [0.25, 0.3) is 11.0 Å². The monoisotopic (exact) mass is 669 g/mol. The average molecular weight is 671 g/mol.